The molecule has 12 heavy (non-hydrogen) atoms. The Bertz CT molecular complexity index is 246. The predicted molar refractivity (Wildman–Crippen MR) is 57.4 cm³/mol. The summed E-state index contributed by atoms with van der Waals surface area (Å²) < 4.78 is 0.288. The van der Waals surface area contributed by atoms with Gasteiger partial charge < -0.3 is 0 Å². The number of carbonyl (C=O) groups is 1. The average Bonchev–Trinajstić information content (AvgIpc) is 2.26. The molecule has 2 rings (SSSR count). The molecule has 0 aromatic heterocycles. The molecule has 68 valence electrons. The van der Waals surface area contributed by atoms with Gasteiger partial charge in [-0.2, -0.15) is 0 Å². The summed E-state index contributed by atoms with van der Waals surface area (Å²) in [4.78, 5) is 11.9. The zero-order valence-electron chi connectivity index (χ0n) is 7.86. The molecule has 3 atom stereocenters. The first-order valence-electron chi connectivity index (χ1n) is 4.59. The van der Waals surface area contributed by atoms with Crippen LogP contribution in [0.3, 0.4) is 0 Å². The first kappa shape index (κ1) is 8.97. The fourth-order valence-corrected chi connectivity index (χ4v) is 4.92. The van der Waals surface area contributed by atoms with E-state index in [1.807, 2.05) is 0 Å². The molecule has 0 amide bonds. The smallest absolute Gasteiger partial charge is 0.152 e. The second-order valence-corrected chi connectivity index (χ2v) is 6.31. The van der Waals surface area contributed by atoms with Crippen molar-refractivity contribution >= 4 is 28.4 Å². The highest BCUT2D eigenvalue weighted by Gasteiger charge is 2.65. The van der Waals surface area contributed by atoms with Crippen molar-refractivity contribution in [3.8, 4) is 0 Å². The number of ketones is 1. The Morgan fingerprint density at radius 2 is 2.00 bits per heavy atom. The van der Waals surface area contributed by atoms with Gasteiger partial charge >= 0.3 is 0 Å². The third kappa shape index (κ3) is 0.733. The van der Waals surface area contributed by atoms with Crippen molar-refractivity contribution in [2.24, 2.45) is 16.7 Å². The van der Waals surface area contributed by atoms with Crippen molar-refractivity contribution in [1.82, 2.24) is 0 Å². The van der Waals surface area contributed by atoms with Crippen LogP contribution in [0.15, 0.2) is 0 Å². The summed E-state index contributed by atoms with van der Waals surface area (Å²) in [5, 5.41) is 0. The monoisotopic (exact) mass is 278 g/mol. The Balaban J connectivity index is 2.50. The van der Waals surface area contributed by atoms with Crippen LogP contribution in [0.4, 0.5) is 0 Å². The van der Waals surface area contributed by atoms with Gasteiger partial charge in [0.25, 0.3) is 0 Å². The van der Waals surface area contributed by atoms with Gasteiger partial charge in [0.1, 0.15) is 0 Å². The molecule has 0 heterocycles. The Labute approximate surface area is 87.4 Å². The zero-order chi connectivity index (χ0) is 9.15. The largest absolute Gasteiger partial charge is 0.298 e. The van der Waals surface area contributed by atoms with E-state index in [2.05, 4.69) is 43.4 Å². The molecule has 0 radical (unpaired) electrons. The van der Waals surface area contributed by atoms with E-state index in [4.69, 9.17) is 0 Å². The second-order valence-electron chi connectivity index (χ2n) is 4.96. The SMILES string of the molecule is CC1(C)[C@H]2CC[C@]1(C)C(=O)C2I. The standard InChI is InChI=1S/C10H15IO/c1-9(2)6-4-5-10(9,3)8(12)7(6)11/h6-7H,4-5H2,1-3H3/t6-,7?,10+/m0/s1. The van der Waals surface area contributed by atoms with Gasteiger partial charge in [0.05, 0.1) is 3.92 Å². The lowest BCUT2D eigenvalue weighted by molar-refractivity contribution is -0.127. The molecule has 0 aromatic carbocycles. The highest BCUT2D eigenvalue weighted by Crippen LogP contribution is 2.65. The molecule has 1 nitrogen and oxygen atoms in total. The van der Waals surface area contributed by atoms with Crippen LogP contribution in [0.1, 0.15) is 33.6 Å². The molecule has 2 saturated carbocycles. The van der Waals surface area contributed by atoms with Gasteiger partial charge in [-0.25, -0.2) is 0 Å². The number of Topliss-reactive ketones (excluding diaryl/α,β-unsaturated/α-hetero) is 1. The molecule has 0 saturated heterocycles. The van der Waals surface area contributed by atoms with E-state index in [-0.39, 0.29) is 14.8 Å². The van der Waals surface area contributed by atoms with Gasteiger partial charge in [-0.1, -0.05) is 43.4 Å². The van der Waals surface area contributed by atoms with E-state index in [9.17, 15) is 4.79 Å². The van der Waals surface area contributed by atoms with Crippen LogP contribution >= 0.6 is 22.6 Å². The number of carbonyl (C=O) groups excluding carboxylic acids is 1. The van der Waals surface area contributed by atoms with Crippen molar-refractivity contribution in [1.29, 1.82) is 0 Å². The summed E-state index contributed by atoms with van der Waals surface area (Å²) in [5.41, 5.74) is 0.236. The zero-order valence-corrected chi connectivity index (χ0v) is 10.0. The number of alkyl halides is 1. The van der Waals surface area contributed by atoms with Crippen LogP contribution in [0, 0.1) is 16.7 Å². The Morgan fingerprint density at radius 1 is 1.42 bits per heavy atom. The maximum atomic E-state index is 11.9. The number of fused-ring (bicyclic) bond motifs is 2. The molecule has 2 bridgehead atoms. The van der Waals surface area contributed by atoms with E-state index < -0.39 is 0 Å². The van der Waals surface area contributed by atoms with Gasteiger partial charge in [-0.3, -0.25) is 4.79 Å². The topological polar surface area (TPSA) is 17.1 Å². The predicted octanol–water partition coefficient (Wildman–Crippen LogP) is 2.82. The number of rotatable bonds is 0. The van der Waals surface area contributed by atoms with Crippen LogP contribution in [-0.4, -0.2) is 9.71 Å². The Hall–Kier alpha value is 0.400. The minimum absolute atomic E-state index is 0.0104. The lowest BCUT2D eigenvalue weighted by Gasteiger charge is -2.32. The fraction of sp³-hybridized carbons (Fsp3) is 0.900. The molecule has 2 aliphatic carbocycles. The van der Waals surface area contributed by atoms with Gasteiger partial charge in [0.15, 0.2) is 5.78 Å². The summed E-state index contributed by atoms with van der Waals surface area (Å²) >= 11 is 2.34. The first-order chi connectivity index (χ1) is 5.41. The third-order valence-corrected chi connectivity index (χ3v) is 5.89. The number of hydrogen-bond acceptors (Lipinski definition) is 1. The van der Waals surface area contributed by atoms with Crippen LogP contribution in [0.2, 0.25) is 0 Å². The van der Waals surface area contributed by atoms with E-state index in [0.717, 1.165) is 6.42 Å². The van der Waals surface area contributed by atoms with Crippen LogP contribution in [0.5, 0.6) is 0 Å². The highest BCUT2D eigenvalue weighted by molar-refractivity contribution is 14.1. The van der Waals surface area contributed by atoms with Crippen LogP contribution < -0.4 is 0 Å². The normalized spacial score (nSPS) is 50.2. The van der Waals surface area contributed by atoms with E-state index in [1.54, 1.807) is 0 Å². The summed E-state index contributed by atoms with van der Waals surface area (Å²) in [5.74, 6) is 1.14. The highest BCUT2D eigenvalue weighted by atomic mass is 127. The van der Waals surface area contributed by atoms with Gasteiger partial charge in [0.2, 0.25) is 0 Å². The lowest BCUT2D eigenvalue weighted by atomic mass is 9.70. The molecule has 2 aliphatic rings. The van der Waals surface area contributed by atoms with Crippen molar-refractivity contribution in [3.05, 3.63) is 0 Å². The molecule has 0 aromatic rings. The van der Waals surface area contributed by atoms with Crippen molar-refractivity contribution < 1.29 is 4.79 Å². The fourth-order valence-electron chi connectivity index (χ4n) is 2.98. The van der Waals surface area contributed by atoms with Crippen LogP contribution in [-0.2, 0) is 4.79 Å². The van der Waals surface area contributed by atoms with Crippen molar-refractivity contribution in [3.63, 3.8) is 0 Å². The second kappa shape index (κ2) is 2.25. The first-order valence-corrected chi connectivity index (χ1v) is 5.84. The van der Waals surface area contributed by atoms with Gasteiger partial charge in [-0.15, -0.1) is 0 Å². The molecule has 1 unspecified atom stereocenters. The summed E-state index contributed by atoms with van der Waals surface area (Å²) in [6.45, 7) is 6.69. The van der Waals surface area contributed by atoms with E-state index >= 15 is 0 Å². The summed E-state index contributed by atoms with van der Waals surface area (Å²) in [6.07, 6.45) is 2.37. The quantitative estimate of drug-likeness (QED) is 0.492. The minimum Gasteiger partial charge on any atom is -0.298 e. The average molecular weight is 278 g/mol. The van der Waals surface area contributed by atoms with Gasteiger partial charge in [-0.05, 0) is 24.2 Å². The maximum absolute atomic E-state index is 11.9. The lowest BCUT2D eigenvalue weighted by Crippen LogP contribution is -2.33. The maximum Gasteiger partial charge on any atom is 0.152 e. The molecule has 0 N–H and O–H groups in total. The van der Waals surface area contributed by atoms with Crippen molar-refractivity contribution in [2.45, 2.75) is 37.5 Å². The minimum atomic E-state index is -0.0104. The Kier molecular flexibility index (Phi) is 1.68. The molecular weight excluding hydrogens is 263 g/mol. The third-order valence-electron chi connectivity index (χ3n) is 4.45. The molecule has 2 fully saturated rings. The van der Waals surface area contributed by atoms with Gasteiger partial charge in [0, 0.05) is 5.41 Å². The van der Waals surface area contributed by atoms with Crippen molar-refractivity contribution in [2.75, 3.05) is 0 Å². The Morgan fingerprint density at radius 3 is 2.25 bits per heavy atom. The number of hydrogen-bond donors (Lipinski definition) is 0. The molecule has 0 aliphatic heterocycles. The molecular formula is C10H15IO. The van der Waals surface area contributed by atoms with E-state index in [1.165, 1.54) is 6.42 Å². The molecule has 0 spiro atoms. The summed E-state index contributed by atoms with van der Waals surface area (Å²) in [6, 6.07) is 0. The number of halogens is 1. The summed E-state index contributed by atoms with van der Waals surface area (Å²) in [7, 11) is 0. The van der Waals surface area contributed by atoms with Crippen LogP contribution in [0.25, 0.3) is 0 Å². The molecule has 2 heteroatoms. The van der Waals surface area contributed by atoms with E-state index in [0.29, 0.717) is 11.7 Å².